The predicted molar refractivity (Wildman–Crippen MR) is 123 cm³/mol. The van der Waals surface area contributed by atoms with Gasteiger partial charge in [0.2, 0.25) is 11.8 Å². The molecule has 4 nitrogen and oxygen atoms in total. The van der Waals surface area contributed by atoms with Crippen molar-refractivity contribution in [2.75, 3.05) is 6.54 Å². The normalized spacial score (nSPS) is 11.8. The quantitative estimate of drug-likeness (QED) is 0.521. The molecule has 0 saturated heterocycles. The number of carbonyl (C=O) groups is 2. The van der Waals surface area contributed by atoms with Crippen LogP contribution in [0.25, 0.3) is 0 Å². The summed E-state index contributed by atoms with van der Waals surface area (Å²) < 4.78 is 0. The highest BCUT2D eigenvalue weighted by Gasteiger charge is 2.18. The number of rotatable bonds is 9. The van der Waals surface area contributed by atoms with Crippen LogP contribution >= 0.6 is 11.3 Å². The second kappa shape index (κ2) is 10.7. The zero-order valence-electron chi connectivity index (χ0n) is 17.4. The molecule has 0 aliphatic carbocycles. The summed E-state index contributed by atoms with van der Waals surface area (Å²) in [7, 11) is 0. The van der Waals surface area contributed by atoms with E-state index in [1.807, 2.05) is 47.8 Å². The summed E-state index contributed by atoms with van der Waals surface area (Å²) in [5, 5.41) is 7.98. The number of hydrogen-bond donors (Lipinski definition) is 2. The van der Waals surface area contributed by atoms with Crippen molar-refractivity contribution in [3.63, 3.8) is 0 Å². The van der Waals surface area contributed by atoms with Gasteiger partial charge >= 0.3 is 0 Å². The van der Waals surface area contributed by atoms with Crippen molar-refractivity contribution in [3.05, 3.63) is 93.7 Å². The molecule has 0 fully saturated rings. The van der Waals surface area contributed by atoms with Gasteiger partial charge in [-0.25, -0.2) is 0 Å². The molecule has 3 rings (SSSR count). The monoisotopic (exact) mass is 420 g/mol. The molecule has 156 valence electrons. The van der Waals surface area contributed by atoms with Crippen molar-refractivity contribution in [2.45, 2.75) is 38.6 Å². The van der Waals surface area contributed by atoms with Gasteiger partial charge in [0.25, 0.3) is 0 Å². The van der Waals surface area contributed by atoms with Crippen LogP contribution in [0.3, 0.4) is 0 Å². The number of nitrogens with one attached hydrogen (secondary N) is 2. The van der Waals surface area contributed by atoms with Crippen LogP contribution in [0.4, 0.5) is 0 Å². The minimum atomic E-state index is -0.182. The smallest absolute Gasteiger partial charge is 0.224 e. The standard InChI is InChI=1S/C25H28N2O2S/c1-18(2)20-10-12-21(13-11-20)25(22-9-6-16-30-22)27-23(28)14-15-26-24(29)17-19-7-4-3-5-8-19/h3-13,16,18,25H,14-15,17H2,1-2H3,(H,26,29)(H,27,28). The number of thiophene rings is 1. The topological polar surface area (TPSA) is 58.2 Å². The first-order valence-electron chi connectivity index (χ1n) is 10.3. The fraction of sp³-hybridized carbons (Fsp3) is 0.280. The van der Waals surface area contributed by atoms with E-state index in [2.05, 4.69) is 48.7 Å². The second-order valence-electron chi connectivity index (χ2n) is 7.60. The molecular weight excluding hydrogens is 392 g/mol. The van der Waals surface area contributed by atoms with E-state index < -0.39 is 0 Å². The van der Waals surface area contributed by atoms with Crippen LogP contribution < -0.4 is 10.6 Å². The Bertz CT molecular complexity index is 935. The van der Waals surface area contributed by atoms with Gasteiger partial charge in [0, 0.05) is 17.8 Å². The fourth-order valence-electron chi connectivity index (χ4n) is 3.24. The van der Waals surface area contributed by atoms with Crippen molar-refractivity contribution in [1.29, 1.82) is 0 Å². The molecule has 0 bridgehead atoms. The molecule has 30 heavy (non-hydrogen) atoms. The first-order chi connectivity index (χ1) is 14.5. The third kappa shape index (κ3) is 6.29. The minimum Gasteiger partial charge on any atom is -0.355 e. The Kier molecular flexibility index (Phi) is 7.80. The molecule has 0 saturated carbocycles. The number of hydrogen-bond acceptors (Lipinski definition) is 3. The molecule has 3 aromatic rings. The van der Waals surface area contributed by atoms with Gasteiger partial charge in [-0.3, -0.25) is 9.59 Å². The molecule has 1 unspecified atom stereocenters. The van der Waals surface area contributed by atoms with Crippen LogP contribution in [0.2, 0.25) is 0 Å². The van der Waals surface area contributed by atoms with Crippen LogP contribution in [0.1, 0.15) is 53.8 Å². The zero-order valence-corrected chi connectivity index (χ0v) is 18.2. The highest BCUT2D eigenvalue weighted by atomic mass is 32.1. The largest absolute Gasteiger partial charge is 0.355 e. The molecule has 1 aromatic heterocycles. The van der Waals surface area contributed by atoms with Crippen molar-refractivity contribution in [3.8, 4) is 0 Å². The van der Waals surface area contributed by atoms with E-state index in [1.54, 1.807) is 11.3 Å². The van der Waals surface area contributed by atoms with E-state index in [0.717, 1.165) is 16.0 Å². The summed E-state index contributed by atoms with van der Waals surface area (Å²) in [6, 6.07) is 21.8. The van der Waals surface area contributed by atoms with Crippen molar-refractivity contribution < 1.29 is 9.59 Å². The molecule has 0 radical (unpaired) electrons. The maximum atomic E-state index is 12.6. The van der Waals surface area contributed by atoms with Crippen LogP contribution in [0.15, 0.2) is 72.1 Å². The van der Waals surface area contributed by atoms with E-state index >= 15 is 0 Å². The average molecular weight is 421 g/mol. The van der Waals surface area contributed by atoms with Crippen LogP contribution in [-0.4, -0.2) is 18.4 Å². The Balaban J connectivity index is 1.55. The molecule has 1 heterocycles. The Hall–Kier alpha value is -2.92. The van der Waals surface area contributed by atoms with Gasteiger partial charge in [-0.1, -0.05) is 74.5 Å². The highest BCUT2D eigenvalue weighted by molar-refractivity contribution is 7.10. The number of carbonyl (C=O) groups excluding carboxylic acids is 2. The maximum absolute atomic E-state index is 12.6. The van der Waals surface area contributed by atoms with Gasteiger partial charge in [-0.05, 0) is 34.1 Å². The summed E-state index contributed by atoms with van der Waals surface area (Å²) in [4.78, 5) is 25.7. The van der Waals surface area contributed by atoms with E-state index in [0.29, 0.717) is 18.9 Å². The Morgan fingerprint density at radius 3 is 2.20 bits per heavy atom. The molecule has 2 N–H and O–H groups in total. The number of benzene rings is 2. The Morgan fingerprint density at radius 1 is 0.867 bits per heavy atom. The molecule has 0 aliphatic heterocycles. The predicted octanol–water partition coefficient (Wildman–Crippen LogP) is 4.83. The van der Waals surface area contributed by atoms with E-state index in [4.69, 9.17) is 0 Å². The lowest BCUT2D eigenvalue weighted by Gasteiger charge is -2.19. The first kappa shape index (κ1) is 21.8. The maximum Gasteiger partial charge on any atom is 0.224 e. The first-order valence-corrected chi connectivity index (χ1v) is 11.1. The van der Waals surface area contributed by atoms with Gasteiger partial charge in [-0.15, -0.1) is 11.3 Å². The minimum absolute atomic E-state index is 0.0759. The molecule has 5 heteroatoms. The lowest BCUT2D eigenvalue weighted by atomic mass is 9.98. The number of amides is 2. The molecular formula is C25H28N2O2S. The van der Waals surface area contributed by atoms with Crippen molar-refractivity contribution in [1.82, 2.24) is 10.6 Å². The SMILES string of the molecule is CC(C)c1ccc(C(NC(=O)CCNC(=O)Cc2ccccc2)c2cccs2)cc1. The molecule has 1 atom stereocenters. The third-order valence-corrected chi connectivity index (χ3v) is 5.89. The van der Waals surface area contributed by atoms with Crippen LogP contribution in [0, 0.1) is 0 Å². The second-order valence-corrected chi connectivity index (χ2v) is 8.58. The fourth-order valence-corrected chi connectivity index (χ4v) is 4.04. The Morgan fingerprint density at radius 2 is 1.57 bits per heavy atom. The van der Waals surface area contributed by atoms with Gasteiger partial charge < -0.3 is 10.6 Å². The highest BCUT2D eigenvalue weighted by Crippen LogP contribution is 2.27. The van der Waals surface area contributed by atoms with E-state index in [-0.39, 0.29) is 24.3 Å². The molecule has 2 amide bonds. The van der Waals surface area contributed by atoms with E-state index in [9.17, 15) is 9.59 Å². The summed E-state index contributed by atoms with van der Waals surface area (Å²) >= 11 is 1.62. The van der Waals surface area contributed by atoms with Crippen molar-refractivity contribution in [2.24, 2.45) is 0 Å². The summed E-state index contributed by atoms with van der Waals surface area (Å²) in [6.45, 7) is 4.65. The van der Waals surface area contributed by atoms with E-state index in [1.165, 1.54) is 5.56 Å². The van der Waals surface area contributed by atoms with Gasteiger partial charge in [0.15, 0.2) is 0 Å². The van der Waals surface area contributed by atoms with Crippen LogP contribution in [-0.2, 0) is 16.0 Å². The zero-order chi connectivity index (χ0) is 21.3. The molecule has 0 aliphatic rings. The molecule has 0 spiro atoms. The third-order valence-electron chi connectivity index (χ3n) is 4.95. The lowest BCUT2D eigenvalue weighted by molar-refractivity contribution is -0.122. The lowest BCUT2D eigenvalue weighted by Crippen LogP contribution is -2.33. The van der Waals surface area contributed by atoms with Gasteiger partial charge in [-0.2, -0.15) is 0 Å². The summed E-state index contributed by atoms with van der Waals surface area (Å²) in [6.07, 6.45) is 0.564. The Labute approximate surface area is 182 Å². The average Bonchev–Trinajstić information content (AvgIpc) is 3.27. The van der Waals surface area contributed by atoms with Gasteiger partial charge in [0.05, 0.1) is 12.5 Å². The summed E-state index contributed by atoms with van der Waals surface area (Å²) in [5.41, 5.74) is 3.29. The summed E-state index contributed by atoms with van der Waals surface area (Å²) in [5.74, 6) is 0.308. The van der Waals surface area contributed by atoms with Crippen molar-refractivity contribution >= 4 is 23.2 Å². The van der Waals surface area contributed by atoms with Crippen LogP contribution in [0.5, 0.6) is 0 Å². The molecule has 2 aromatic carbocycles. The van der Waals surface area contributed by atoms with Gasteiger partial charge in [0.1, 0.15) is 0 Å².